The number of hydrogen-bond donors (Lipinski definition) is 0. The smallest absolute Gasteiger partial charge is 0.230 e. The average molecular weight is 371 g/mol. The fourth-order valence-corrected chi connectivity index (χ4v) is 4.53. The Balaban J connectivity index is 1.82. The lowest BCUT2D eigenvalue weighted by molar-refractivity contribution is -0.139. The zero-order valence-electron chi connectivity index (χ0n) is 15.7. The van der Waals surface area contributed by atoms with E-state index >= 15 is 0 Å². The van der Waals surface area contributed by atoms with E-state index in [0.29, 0.717) is 25.9 Å². The fourth-order valence-electron chi connectivity index (χ4n) is 3.80. The molecule has 1 atom stereocenters. The van der Waals surface area contributed by atoms with Gasteiger partial charge in [-0.1, -0.05) is 37.3 Å². The van der Waals surface area contributed by atoms with Crippen molar-refractivity contribution in [2.24, 2.45) is 5.41 Å². The molecule has 2 amide bonds. The number of benzene rings is 1. The second-order valence-electron chi connectivity index (χ2n) is 7.25. The monoisotopic (exact) mass is 370 g/mol. The van der Waals surface area contributed by atoms with Crippen LogP contribution in [0.5, 0.6) is 0 Å². The van der Waals surface area contributed by atoms with Crippen LogP contribution in [0.4, 0.5) is 0 Å². The lowest BCUT2D eigenvalue weighted by Crippen LogP contribution is -2.44. The van der Waals surface area contributed by atoms with Crippen LogP contribution in [0.15, 0.2) is 41.8 Å². The first-order valence-corrected chi connectivity index (χ1v) is 9.95. The van der Waals surface area contributed by atoms with Crippen molar-refractivity contribution in [3.05, 3.63) is 47.3 Å². The first kappa shape index (κ1) is 18.6. The van der Waals surface area contributed by atoms with E-state index in [-0.39, 0.29) is 11.8 Å². The third kappa shape index (κ3) is 3.68. The lowest BCUT2D eigenvalue weighted by atomic mass is 9.79. The first-order valence-electron chi connectivity index (χ1n) is 9.07. The number of nitrogens with zero attached hydrogens (tertiary/aromatic N) is 2. The van der Waals surface area contributed by atoms with Gasteiger partial charge < -0.3 is 9.80 Å². The molecule has 1 aliphatic rings. The van der Waals surface area contributed by atoms with Gasteiger partial charge in [0.25, 0.3) is 0 Å². The van der Waals surface area contributed by atoms with Crippen LogP contribution in [0.1, 0.15) is 25.3 Å². The summed E-state index contributed by atoms with van der Waals surface area (Å²) in [6, 6.07) is 12.6. The molecule has 26 heavy (non-hydrogen) atoms. The summed E-state index contributed by atoms with van der Waals surface area (Å²) < 4.78 is 0. The number of carbonyl (C=O) groups excluding carboxylic acids is 2. The Morgan fingerprint density at radius 1 is 1.19 bits per heavy atom. The van der Waals surface area contributed by atoms with E-state index in [1.54, 1.807) is 30.3 Å². The lowest BCUT2D eigenvalue weighted by Gasteiger charge is -2.31. The largest absolute Gasteiger partial charge is 0.348 e. The van der Waals surface area contributed by atoms with Gasteiger partial charge in [-0.2, -0.15) is 0 Å². The molecule has 0 unspecified atom stereocenters. The molecule has 0 spiro atoms. The van der Waals surface area contributed by atoms with Crippen molar-refractivity contribution >= 4 is 23.2 Å². The molecule has 1 saturated heterocycles. The summed E-state index contributed by atoms with van der Waals surface area (Å²) in [5, 5.41) is 2.08. The maximum absolute atomic E-state index is 13.0. The number of rotatable bonds is 5. The SMILES string of the molecule is CCC(=O)N1CC[C@](Cc2ccc(-c3cccs3)cc2)(C(=O)N(C)C)C1. The molecule has 0 radical (unpaired) electrons. The number of carbonyl (C=O) groups is 2. The van der Waals surface area contributed by atoms with Gasteiger partial charge in [0.15, 0.2) is 0 Å². The van der Waals surface area contributed by atoms with Gasteiger partial charge in [-0.25, -0.2) is 0 Å². The Labute approximate surface area is 159 Å². The Bertz CT molecular complexity index is 768. The van der Waals surface area contributed by atoms with Crippen LogP contribution in [0, 0.1) is 5.41 Å². The standard InChI is InChI=1S/C21H26N2O2S/c1-4-19(24)23-12-11-21(15-23,20(25)22(2)3)14-16-7-9-17(10-8-16)18-6-5-13-26-18/h5-10,13H,4,11-12,14-15H2,1-3H3/t21-/m1/s1. The second-order valence-corrected chi connectivity index (χ2v) is 8.20. The summed E-state index contributed by atoms with van der Waals surface area (Å²) in [6.45, 7) is 3.06. The summed E-state index contributed by atoms with van der Waals surface area (Å²) in [6.07, 6.45) is 1.88. The Morgan fingerprint density at radius 3 is 2.50 bits per heavy atom. The zero-order chi connectivity index (χ0) is 18.7. The van der Waals surface area contributed by atoms with Gasteiger partial charge in [0, 0.05) is 38.5 Å². The van der Waals surface area contributed by atoms with Crippen molar-refractivity contribution in [1.29, 1.82) is 0 Å². The van der Waals surface area contributed by atoms with Gasteiger partial charge in [-0.15, -0.1) is 11.3 Å². The summed E-state index contributed by atoms with van der Waals surface area (Å²) in [5.41, 5.74) is 1.83. The molecule has 2 heterocycles. The number of amides is 2. The molecule has 0 N–H and O–H groups in total. The van der Waals surface area contributed by atoms with Crippen molar-refractivity contribution in [1.82, 2.24) is 9.80 Å². The van der Waals surface area contributed by atoms with Crippen LogP contribution >= 0.6 is 11.3 Å². The zero-order valence-corrected chi connectivity index (χ0v) is 16.5. The highest BCUT2D eigenvalue weighted by atomic mass is 32.1. The van der Waals surface area contributed by atoms with E-state index in [4.69, 9.17) is 0 Å². The molecule has 0 aliphatic carbocycles. The van der Waals surface area contributed by atoms with E-state index in [0.717, 1.165) is 12.0 Å². The maximum Gasteiger partial charge on any atom is 0.230 e. The third-order valence-electron chi connectivity index (χ3n) is 5.17. The fraction of sp³-hybridized carbons (Fsp3) is 0.429. The molecule has 3 rings (SSSR count). The number of hydrogen-bond acceptors (Lipinski definition) is 3. The van der Waals surface area contributed by atoms with Gasteiger partial charge >= 0.3 is 0 Å². The van der Waals surface area contributed by atoms with Crippen molar-refractivity contribution in [3.63, 3.8) is 0 Å². The predicted octanol–water partition coefficient (Wildman–Crippen LogP) is 3.67. The number of thiophene rings is 1. The molecule has 1 aromatic heterocycles. The van der Waals surface area contributed by atoms with E-state index in [1.807, 2.05) is 11.8 Å². The highest BCUT2D eigenvalue weighted by molar-refractivity contribution is 7.13. The molecule has 2 aromatic rings. The van der Waals surface area contributed by atoms with E-state index in [1.165, 1.54) is 10.4 Å². The molecule has 1 fully saturated rings. The summed E-state index contributed by atoms with van der Waals surface area (Å²) in [4.78, 5) is 29.9. The van der Waals surface area contributed by atoms with Crippen molar-refractivity contribution in [3.8, 4) is 10.4 Å². The molecule has 0 bridgehead atoms. The summed E-state index contributed by atoms with van der Waals surface area (Å²) in [5.74, 6) is 0.248. The van der Waals surface area contributed by atoms with Crippen molar-refractivity contribution in [2.45, 2.75) is 26.2 Å². The quantitative estimate of drug-likeness (QED) is 0.806. The topological polar surface area (TPSA) is 40.6 Å². The molecule has 4 nitrogen and oxygen atoms in total. The van der Waals surface area contributed by atoms with Gasteiger partial charge in [-0.05, 0) is 35.4 Å². The van der Waals surface area contributed by atoms with E-state index in [2.05, 4.69) is 41.8 Å². The van der Waals surface area contributed by atoms with Crippen molar-refractivity contribution in [2.75, 3.05) is 27.2 Å². The minimum Gasteiger partial charge on any atom is -0.348 e. The second kappa shape index (κ2) is 7.62. The molecular formula is C21H26N2O2S. The van der Waals surface area contributed by atoms with Crippen LogP contribution in [0.3, 0.4) is 0 Å². The highest BCUT2D eigenvalue weighted by Crippen LogP contribution is 2.37. The molecule has 138 valence electrons. The summed E-state index contributed by atoms with van der Waals surface area (Å²) in [7, 11) is 3.60. The predicted molar refractivity (Wildman–Crippen MR) is 106 cm³/mol. The van der Waals surface area contributed by atoms with Gasteiger partial charge in [0.1, 0.15) is 0 Å². The van der Waals surface area contributed by atoms with E-state index < -0.39 is 5.41 Å². The van der Waals surface area contributed by atoms with Crippen LogP contribution in [0.2, 0.25) is 0 Å². The normalized spacial score (nSPS) is 19.6. The number of likely N-dealkylation sites (tertiary alicyclic amines) is 1. The van der Waals surface area contributed by atoms with Gasteiger partial charge in [-0.3, -0.25) is 9.59 Å². The van der Waals surface area contributed by atoms with Crippen LogP contribution in [-0.4, -0.2) is 48.8 Å². The third-order valence-corrected chi connectivity index (χ3v) is 6.09. The van der Waals surface area contributed by atoms with Gasteiger partial charge in [0.05, 0.1) is 5.41 Å². The molecule has 1 aliphatic heterocycles. The molecular weight excluding hydrogens is 344 g/mol. The minimum absolute atomic E-state index is 0.117. The molecule has 1 aromatic carbocycles. The maximum atomic E-state index is 13.0. The summed E-state index contributed by atoms with van der Waals surface area (Å²) >= 11 is 1.72. The Morgan fingerprint density at radius 2 is 1.92 bits per heavy atom. The van der Waals surface area contributed by atoms with Crippen LogP contribution < -0.4 is 0 Å². The molecule has 5 heteroatoms. The highest BCUT2D eigenvalue weighted by Gasteiger charge is 2.46. The van der Waals surface area contributed by atoms with Gasteiger partial charge in [0.2, 0.25) is 11.8 Å². The van der Waals surface area contributed by atoms with Crippen molar-refractivity contribution < 1.29 is 9.59 Å². The Kier molecular flexibility index (Phi) is 5.47. The first-order chi connectivity index (χ1) is 12.4. The van der Waals surface area contributed by atoms with Crippen LogP contribution in [0.25, 0.3) is 10.4 Å². The van der Waals surface area contributed by atoms with E-state index in [9.17, 15) is 9.59 Å². The minimum atomic E-state index is -0.515. The molecule has 0 saturated carbocycles. The Hall–Kier alpha value is -2.14. The van der Waals surface area contributed by atoms with Crippen LogP contribution in [-0.2, 0) is 16.0 Å². The average Bonchev–Trinajstić information content (AvgIpc) is 3.32.